The summed E-state index contributed by atoms with van der Waals surface area (Å²) in [5.74, 6) is 5.81. The number of hydrogen-bond acceptors (Lipinski definition) is 4. The van der Waals surface area contributed by atoms with Crippen LogP contribution in [0.25, 0.3) is 0 Å². The van der Waals surface area contributed by atoms with Crippen LogP contribution in [0.1, 0.15) is 25.8 Å². The van der Waals surface area contributed by atoms with E-state index in [1.54, 1.807) is 26.0 Å². The molecule has 0 bridgehead atoms. The molecule has 1 rings (SSSR count). The average molecular weight is 297 g/mol. The molecule has 0 radical (unpaired) electrons. The number of rotatable bonds is 5. The summed E-state index contributed by atoms with van der Waals surface area (Å²) in [6.07, 6.45) is 1.86. The second kappa shape index (κ2) is 7.24. The molecule has 0 fully saturated rings. The van der Waals surface area contributed by atoms with Crippen LogP contribution >= 0.6 is 0 Å². The van der Waals surface area contributed by atoms with Crippen LogP contribution in [0.2, 0.25) is 0 Å². The van der Waals surface area contributed by atoms with Crippen molar-refractivity contribution < 1.29 is 13.5 Å². The Morgan fingerprint density at radius 2 is 2.20 bits per heavy atom. The number of anilines is 1. The maximum Gasteiger partial charge on any atom is 0.302 e. The summed E-state index contributed by atoms with van der Waals surface area (Å²) in [4.78, 5) is 3.96. The average Bonchev–Trinajstić information content (AvgIpc) is 2.38. The second-order valence-electron chi connectivity index (χ2n) is 4.42. The van der Waals surface area contributed by atoms with E-state index in [0.717, 1.165) is 0 Å². The Morgan fingerprint density at radius 1 is 1.50 bits per heavy atom. The van der Waals surface area contributed by atoms with Gasteiger partial charge in [0.2, 0.25) is 0 Å². The summed E-state index contributed by atoms with van der Waals surface area (Å²) in [6, 6.07) is 3.07. The standard InChI is InChI=1S/C13H19N3O3S/c1-11(2)16(3)20(18,19)15-13-10-12(7-8-14-13)6-4-5-9-17/h7-8,10-11,17H,5,9H2,1-3H3,(H,14,15). The zero-order valence-electron chi connectivity index (χ0n) is 11.8. The Morgan fingerprint density at radius 3 is 2.80 bits per heavy atom. The Labute approximate surface area is 120 Å². The molecule has 0 aromatic carbocycles. The van der Waals surface area contributed by atoms with Gasteiger partial charge in [0.25, 0.3) is 0 Å². The molecule has 0 aliphatic heterocycles. The van der Waals surface area contributed by atoms with Gasteiger partial charge < -0.3 is 5.11 Å². The van der Waals surface area contributed by atoms with Gasteiger partial charge in [-0.2, -0.15) is 12.7 Å². The third kappa shape index (κ3) is 4.81. The monoisotopic (exact) mass is 297 g/mol. The first kappa shape index (κ1) is 16.4. The van der Waals surface area contributed by atoms with Crippen molar-refractivity contribution in [3.8, 4) is 11.8 Å². The molecule has 0 amide bonds. The van der Waals surface area contributed by atoms with Gasteiger partial charge in [-0.3, -0.25) is 4.72 Å². The van der Waals surface area contributed by atoms with Crippen LogP contribution < -0.4 is 4.72 Å². The Hall–Kier alpha value is -1.62. The lowest BCUT2D eigenvalue weighted by Crippen LogP contribution is -2.37. The van der Waals surface area contributed by atoms with Crippen molar-refractivity contribution in [3.63, 3.8) is 0 Å². The van der Waals surface area contributed by atoms with Gasteiger partial charge in [-0.25, -0.2) is 4.98 Å². The molecule has 6 nitrogen and oxygen atoms in total. The van der Waals surface area contributed by atoms with Gasteiger partial charge in [0.15, 0.2) is 0 Å². The van der Waals surface area contributed by atoms with Crippen molar-refractivity contribution in [2.75, 3.05) is 18.4 Å². The summed E-state index contributed by atoms with van der Waals surface area (Å²) in [5.41, 5.74) is 0.637. The molecule has 7 heteroatoms. The molecule has 0 saturated carbocycles. The fourth-order valence-corrected chi connectivity index (χ4v) is 2.34. The quantitative estimate of drug-likeness (QED) is 0.788. The molecule has 0 aliphatic carbocycles. The lowest BCUT2D eigenvalue weighted by Gasteiger charge is -2.21. The highest BCUT2D eigenvalue weighted by atomic mass is 32.2. The van der Waals surface area contributed by atoms with Gasteiger partial charge in [-0.05, 0) is 26.0 Å². The molecule has 1 aromatic rings. The molecule has 20 heavy (non-hydrogen) atoms. The Bertz CT molecular complexity index is 603. The smallest absolute Gasteiger partial charge is 0.302 e. The SMILES string of the molecule is CC(C)N(C)S(=O)(=O)Nc1cc(C#CCCO)ccn1. The van der Waals surface area contributed by atoms with Crippen molar-refractivity contribution in [3.05, 3.63) is 23.9 Å². The zero-order valence-corrected chi connectivity index (χ0v) is 12.6. The molecule has 1 aromatic heterocycles. The molecule has 0 spiro atoms. The molecular weight excluding hydrogens is 278 g/mol. The lowest BCUT2D eigenvalue weighted by molar-refractivity contribution is 0.305. The van der Waals surface area contributed by atoms with E-state index < -0.39 is 10.2 Å². The van der Waals surface area contributed by atoms with E-state index in [-0.39, 0.29) is 18.5 Å². The van der Waals surface area contributed by atoms with Crippen molar-refractivity contribution >= 4 is 16.0 Å². The number of hydrogen-bond donors (Lipinski definition) is 2. The fourth-order valence-electron chi connectivity index (χ4n) is 1.27. The number of nitrogens with one attached hydrogen (secondary N) is 1. The molecule has 2 N–H and O–H groups in total. The van der Waals surface area contributed by atoms with E-state index >= 15 is 0 Å². The lowest BCUT2D eigenvalue weighted by atomic mass is 10.2. The van der Waals surface area contributed by atoms with Crippen molar-refractivity contribution in [1.29, 1.82) is 0 Å². The van der Waals surface area contributed by atoms with E-state index in [4.69, 9.17) is 5.11 Å². The number of pyridine rings is 1. The summed E-state index contributed by atoms with van der Waals surface area (Å²) >= 11 is 0. The van der Waals surface area contributed by atoms with Gasteiger partial charge >= 0.3 is 10.2 Å². The Balaban J connectivity index is 2.89. The minimum absolute atomic E-state index is 0.00322. The number of nitrogens with zero attached hydrogens (tertiary/aromatic N) is 2. The van der Waals surface area contributed by atoms with E-state index in [1.807, 2.05) is 0 Å². The fraction of sp³-hybridized carbons (Fsp3) is 0.462. The molecule has 0 unspecified atom stereocenters. The topological polar surface area (TPSA) is 82.5 Å². The van der Waals surface area contributed by atoms with Crippen LogP contribution in [0.5, 0.6) is 0 Å². The predicted molar refractivity (Wildman–Crippen MR) is 78.3 cm³/mol. The first-order valence-corrected chi connectivity index (χ1v) is 7.62. The highest BCUT2D eigenvalue weighted by Gasteiger charge is 2.20. The van der Waals surface area contributed by atoms with E-state index in [0.29, 0.717) is 12.0 Å². The summed E-state index contributed by atoms with van der Waals surface area (Å²) < 4.78 is 27.7. The largest absolute Gasteiger partial charge is 0.395 e. The molecule has 0 atom stereocenters. The van der Waals surface area contributed by atoms with E-state index in [1.165, 1.54) is 17.5 Å². The van der Waals surface area contributed by atoms with Gasteiger partial charge in [-0.1, -0.05) is 11.8 Å². The summed E-state index contributed by atoms with van der Waals surface area (Å²) in [5, 5.41) is 8.65. The first-order valence-electron chi connectivity index (χ1n) is 6.18. The number of aromatic nitrogens is 1. The van der Waals surface area contributed by atoms with Gasteiger partial charge in [0, 0.05) is 31.3 Å². The van der Waals surface area contributed by atoms with E-state index in [2.05, 4.69) is 21.5 Å². The van der Waals surface area contributed by atoms with Gasteiger partial charge in [0.1, 0.15) is 5.82 Å². The van der Waals surface area contributed by atoms with Crippen LogP contribution in [0.3, 0.4) is 0 Å². The van der Waals surface area contributed by atoms with Crippen LogP contribution in [-0.4, -0.2) is 42.5 Å². The van der Waals surface area contributed by atoms with Crippen molar-refractivity contribution in [2.24, 2.45) is 0 Å². The van der Waals surface area contributed by atoms with Crippen LogP contribution in [0.4, 0.5) is 5.82 Å². The normalized spacial score (nSPS) is 11.3. The third-order valence-corrected chi connectivity index (χ3v) is 4.22. The highest BCUT2D eigenvalue weighted by molar-refractivity contribution is 7.90. The van der Waals surface area contributed by atoms with Crippen LogP contribution in [-0.2, 0) is 10.2 Å². The first-order chi connectivity index (χ1) is 9.36. The maximum atomic E-state index is 12.0. The third-order valence-electron chi connectivity index (χ3n) is 2.57. The maximum absolute atomic E-state index is 12.0. The molecule has 0 saturated heterocycles. The Kier molecular flexibility index (Phi) is 5.95. The molecular formula is C13H19N3O3S. The molecule has 110 valence electrons. The molecule has 1 heterocycles. The van der Waals surface area contributed by atoms with Gasteiger partial charge in [-0.15, -0.1) is 0 Å². The van der Waals surface area contributed by atoms with E-state index in [9.17, 15) is 8.42 Å². The highest BCUT2D eigenvalue weighted by Crippen LogP contribution is 2.11. The predicted octanol–water partition coefficient (Wildman–Crippen LogP) is 0.812. The van der Waals surface area contributed by atoms with Crippen LogP contribution in [0.15, 0.2) is 18.3 Å². The van der Waals surface area contributed by atoms with Crippen molar-refractivity contribution in [1.82, 2.24) is 9.29 Å². The molecule has 0 aliphatic rings. The number of aliphatic hydroxyl groups excluding tert-OH is 1. The minimum atomic E-state index is -3.62. The van der Waals surface area contributed by atoms with Crippen LogP contribution in [0, 0.1) is 11.8 Å². The van der Waals surface area contributed by atoms with Crippen molar-refractivity contribution in [2.45, 2.75) is 26.3 Å². The number of aliphatic hydroxyl groups is 1. The summed E-state index contributed by atoms with van der Waals surface area (Å²) in [7, 11) is -2.12. The second-order valence-corrected chi connectivity index (χ2v) is 6.15. The van der Waals surface area contributed by atoms with Gasteiger partial charge in [0.05, 0.1) is 6.61 Å². The minimum Gasteiger partial charge on any atom is -0.395 e. The summed E-state index contributed by atoms with van der Waals surface area (Å²) in [6.45, 7) is 3.56. The zero-order chi connectivity index (χ0) is 15.2.